The third kappa shape index (κ3) is 3.62. The van der Waals surface area contributed by atoms with Crippen LogP contribution in [0.15, 0.2) is 51.4 Å². The second kappa shape index (κ2) is 7.25. The predicted molar refractivity (Wildman–Crippen MR) is 90.4 cm³/mol. The molecule has 2 aromatic rings. The van der Waals surface area contributed by atoms with Crippen molar-refractivity contribution in [3.8, 4) is 5.75 Å². The normalized spacial score (nSPS) is 12.2. The molecule has 0 saturated carbocycles. The SMILES string of the molecule is CCNC(c1ccc(OC)cc1)c1cc(Br)ccc1Br. The van der Waals surface area contributed by atoms with Gasteiger partial charge >= 0.3 is 0 Å². The summed E-state index contributed by atoms with van der Waals surface area (Å²) in [5, 5.41) is 3.53. The zero-order chi connectivity index (χ0) is 14.5. The Hall–Kier alpha value is -0.840. The number of hydrogen-bond acceptors (Lipinski definition) is 2. The van der Waals surface area contributed by atoms with Gasteiger partial charge in [-0.05, 0) is 48.0 Å². The number of benzene rings is 2. The fourth-order valence-electron chi connectivity index (χ4n) is 2.14. The Morgan fingerprint density at radius 1 is 1.10 bits per heavy atom. The summed E-state index contributed by atoms with van der Waals surface area (Å²) in [6, 6.07) is 14.6. The van der Waals surface area contributed by atoms with Gasteiger partial charge in [-0.2, -0.15) is 0 Å². The van der Waals surface area contributed by atoms with Gasteiger partial charge in [0.2, 0.25) is 0 Å². The van der Waals surface area contributed by atoms with Crippen LogP contribution in [0.4, 0.5) is 0 Å². The highest BCUT2D eigenvalue weighted by Gasteiger charge is 2.16. The lowest BCUT2D eigenvalue weighted by atomic mass is 9.98. The quantitative estimate of drug-likeness (QED) is 0.771. The molecule has 0 amide bonds. The summed E-state index contributed by atoms with van der Waals surface area (Å²) in [5.41, 5.74) is 2.43. The maximum absolute atomic E-state index is 5.22. The monoisotopic (exact) mass is 397 g/mol. The lowest BCUT2D eigenvalue weighted by Crippen LogP contribution is -2.22. The lowest BCUT2D eigenvalue weighted by Gasteiger charge is -2.21. The molecule has 0 radical (unpaired) electrons. The van der Waals surface area contributed by atoms with Crippen LogP contribution in [0.2, 0.25) is 0 Å². The van der Waals surface area contributed by atoms with Crippen LogP contribution >= 0.6 is 31.9 Å². The van der Waals surface area contributed by atoms with Crippen LogP contribution < -0.4 is 10.1 Å². The maximum atomic E-state index is 5.22. The zero-order valence-corrected chi connectivity index (χ0v) is 14.7. The van der Waals surface area contributed by atoms with E-state index in [9.17, 15) is 0 Å². The van der Waals surface area contributed by atoms with Crippen LogP contribution in [0.5, 0.6) is 5.75 Å². The Morgan fingerprint density at radius 2 is 1.80 bits per heavy atom. The first-order chi connectivity index (χ1) is 9.65. The standard InChI is InChI=1S/C16H17Br2NO/c1-3-19-16(11-4-7-13(20-2)8-5-11)14-10-12(17)6-9-15(14)18/h4-10,16,19H,3H2,1-2H3. The molecule has 0 aliphatic heterocycles. The molecule has 0 aliphatic rings. The van der Waals surface area contributed by atoms with Crippen molar-refractivity contribution in [3.63, 3.8) is 0 Å². The molecule has 0 fully saturated rings. The number of rotatable bonds is 5. The van der Waals surface area contributed by atoms with Crippen LogP contribution in [-0.4, -0.2) is 13.7 Å². The molecule has 1 atom stereocenters. The second-order valence-corrected chi connectivity index (χ2v) is 6.20. The average molecular weight is 399 g/mol. The molecule has 0 heterocycles. The number of methoxy groups -OCH3 is 1. The molecule has 0 aromatic heterocycles. The summed E-state index contributed by atoms with van der Waals surface area (Å²) in [6.07, 6.45) is 0. The van der Waals surface area contributed by atoms with Crippen molar-refractivity contribution < 1.29 is 4.74 Å². The van der Waals surface area contributed by atoms with Crippen molar-refractivity contribution in [1.82, 2.24) is 5.32 Å². The first kappa shape index (κ1) is 15.5. The highest BCUT2D eigenvalue weighted by Crippen LogP contribution is 2.31. The third-order valence-corrected chi connectivity index (χ3v) is 4.34. The molecule has 2 aromatic carbocycles. The lowest BCUT2D eigenvalue weighted by molar-refractivity contribution is 0.414. The maximum Gasteiger partial charge on any atom is 0.118 e. The van der Waals surface area contributed by atoms with Crippen molar-refractivity contribution in [2.75, 3.05) is 13.7 Å². The Labute approximate surface area is 136 Å². The van der Waals surface area contributed by atoms with E-state index >= 15 is 0 Å². The van der Waals surface area contributed by atoms with E-state index in [1.807, 2.05) is 18.2 Å². The number of nitrogens with one attached hydrogen (secondary N) is 1. The van der Waals surface area contributed by atoms with Gasteiger partial charge in [-0.15, -0.1) is 0 Å². The van der Waals surface area contributed by atoms with E-state index in [0.717, 1.165) is 21.2 Å². The Balaban J connectivity index is 2.41. The molecule has 0 spiro atoms. The Morgan fingerprint density at radius 3 is 2.40 bits per heavy atom. The molecule has 106 valence electrons. The van der Waals surface area contributed by atoms with Gasteiger partial charge in [0.25, 0.3) is 0 Å². The average Bonchev–Trinajstić information content (AvgIpc) is 2.48. The van der Waals surface area contributed by atoms with E-state index in [1.54, 1.807) is 7.11 Å². The van der Waals surface area contributed by atoms with Crippen molar-refractivity contribution in [3.05, 3.63) is 62.5 Å². The topological polar surface area (TPSA) is 21.3 Å². The van der Waals surface area contributed by atoms with Crippen molar-refractivity contribution >= 4 is 31.9 Å². The number of halogens is 2. The smallest absolute Gasteiger partial charge is 0.118 e. The molecule has 2 nitrogen and oxygen atoms in total. The van der Waals surface area contributed by atoms with Crippen LogP contribution in [0.3, 0.4) is 0 Å². The van der Waals surface area contributed by atoms with Crippen LogP contribution in [0.1, 0.15) is 24.1 Å². The number of ether oxygens (including phenoxy) is 1. The van der Waals surface area contributed by atoms with E-state index in [1.165, 1.54) is 11.1 Å². The van der Waals surface area contributed by atoms with Crippen molar-refractivity contribution in [2.45, 2.75) is 13.0 Å². The first-order valence-electron chi connectivity index (χ1n) is 6.48. The molecule has 4 heteroatoms. The highest BCUT2D eigenvalue weighted by atomic mass is 79.9. The van der Waals surface area contributed by atoms with E-state index < -0.39 is 0 Å². The van der Waals surface area contributed by atoms with Gasteiger partial charge in [0, 0.05) is 8.95 Å². The molecule has 20 heavy (non-hydrogen) atoms. The molecule has 2 rings (SSSR count). The van der Waals surface area contributed by atoms with Gasteiger partial charge < -0.3 is 10.1 Å². The third-order valence-electron chi connectivity index (χ3n) is 3.13. The molecule has 1 N–H and O–H groups in total. The molecular weight excluding hydrogens is 382 g/mol. The van der Waals surface area contributed by atoms with E-state index in [4.69, 9.17) is 4.74 Å². The van der Waals surface area contributed by atoms with Crippen molar-refractivity contribution in [1.29, 1.82) is 0 Å². The van der Waals surface area contributed by atoms with Crippen molar-refractivity contribution in [2.24, 2.45) is 0 Å². The highest BCUT2D eigenvalue weighted by molar-refractivity contribution is 9.11. The summed E-state index contributed by atoms with van der Waals surface area (Å²) in [7, 11) is 1.68. The molecule has 0 aliphatic carbocycles. The summed E-state index contributed by atoms with van der Waals surface area (Å²) in [5.74, 6) is 0.873. The van der Waals surface area contributed by atoms with Gasteiger partial charge in [0.15, 0.2) is 0 Å². The van der Waals surface area contributed by atoms with E-state index in [-0.39, 0.29) is 6.04 Å². The van der Waals surface area contributed by atoms with Crippen LogP contribution in [0.25, 0.3) is 0 Å². The van der Waals surface area contributed by atoms with Gasteiger partial charge in [0.05, 0.1) is 13.2 Å². The zero-order valence-electron chi connectivity index (χ0n) is 11.5. The van der Waals surface area contributed by atoms with E-state index in [2.05, 4.69) is 68.4 Å². The van der Waals surface area contributed by atoms with Gasteiger partial charge in [-0.25, -0.2) is 0 Å². The summed E-state index contributed by atoms with van der Waals surface area (Å²) in [6.45, 7) is 3.01. The predicted octanol–water partition coefficient (Wildman–Crippen LogP) is 4.92. The summed E-state index contributed by atoms with van der Waals surface area (Å²) in [4.78, 5) is 0. The number of hydrogen-bond donors (Lipinski definition) is 1. The molecular formula is C16H17Br2NO. The summed E-state index contributed by atoms with van der Waals surface area (Å²) >= 11 is 7.18. The van der Waals surface area contributed by atoms with Gasteiger partial charge in [0.1, 0.15) is 5.75 Å². The Kier molecular flexibility index (Phi) is 5.64. The Bertz CT molecular complexity index is 569. The van der Waals surface area contributed by atoms with Crippen LogP contribution in [-0.2, 0) is 0 Å². The summed E-state index contributed by atoms with van der Waals surface area (Å²) < 4.78 is 7.40. The molecule has 0 saturated heterocycles. The fraction of sp³-hybridized carbons (Fsp3) is 0.250. The second-order valence-electron chi connectivity index (χ2n) is 4.43. The molecule has 1 unspecified atom stereocenters. The minimum Gasteiger partial charge on any atom is -0.497 e. The van der Waals surface area contributed by atoms with Gasteiger partial charge in [-0.3, -0.25) is 0 Å². The van der Waals surface area contributed by atoms with Gasteiger partial charge in [-0.1, -0.05) is 50.9 Å². The first-order valence-corrected chi connectivity index (χ1v) is 8.06. The largest absolute Gasteiger partial charge is 0.497 e. The minimum atomic E-state index is 0.151. The molecule has 0 bridgehead atoms. The van der Waals surface area contributed by atoms with Crippen LogP contribution in [0, 0.1) is 0 Å². The minimum absolute atomic E-state index is 0.151. The fourth-order valence-corrected chi connectivity index (χ4v) is 3.00. The van der Waals surface area contributed by atoms with E-state index in [0.29, 0.717) is 0 Å².